The standard InChI is InChI=1S/C25H22ClN3O2/c1-25(2,3)18-13-11-16(12-14-18)23(30)28-29-22(17-7-6-8-19(26)15-17)27-21-10-5-4-9-20(21)24(29)31/h4-15H,1-3H3,(H,28,30). The summed E-state index contributed by atoms with van der Waals surface area (Å²) in [5.74, 6) is -0.0891. The van der Waals surface area contributed by atoms with Gasteiger partial charge in [0.05, 0.1) is 10.9 Å². The van der Waals surface area contributed by atoms with Crippen LogP contribution in [0.3, 0.4) is 0 Å². The van der Waals surface area contributed by atoms with Crippen molar-refractivity contribution >= 4 is 28.4 Å². The van der Waals surface area contributed by atoms with Crippen LogP contribution < -0.4 is 11.0 Å². The molecule has 31 heavy (non-hydrogen) atoms. The summed E-state index contributed by atoms with van der Waals surface area (Å²) in [5.41, 5.74) is 5.08. The largest absolute Gasteiger partial charge is 0.280 e. The van der Waals surface area contributed by atoms with Gasteiger partial charge in [-0.2, -0.15) is 4.68 Å². The van der Waals surface area contributed by atoms with E-state index >= 15 is 0 Å². The maximum atomic E-state index is 13.2. The molecule has 0 saturated carbocycles. The lowest BCUT2D eigenvalue weighted by Gasteiger charge is -2.19. The second-order valence-electron chi connectivity index (χ2n) is 8.37. The van der Waals surface area contributed by atoms with E-state index in [4.69, 9.17) is 11.6 Å². The molecule has 156 valence electrons. The first-order chi connectivity index (χ1) is 14.7. The van der Waals surface area contributed by atoms with E-state index in [0.29, 0.717) is 32.9 Å². The summed E-state index contributed by atoms with van der Waals surface area (Å²) in [5, 5.41) is 0.923. The molecule has 0 radical (unpaired) electrons. The van der Waals surface area contributed by atoms with Crippen LogP contribution in [0.2, 0.25) is 5.02 Å². The lowest BCUT2D eigenvalue weighted by molar-refractivity contribution is 0.101. The average Bonchev–Trinajstić information content (AvgIpc) is 2.75. The first kappa shape index (κ1) is 20.8. The smallest absolute Gasteiger partial charge is 0.267 e. The van der Waals surface area contributed by atoms with Gasteiger partial charge in [0.15, 0.2) is 5.82 Å². The van der Waals surface area contributed by atoms with E-state index in [-0.39, 0.29) is 11.0 Å². The van der Waals surface area contributed by atoms with E-state index in [9.17, 15) is 9.59 Å². The molecule has 0 saturated heterocycles. The lowest BCUT2D eigenvalue weighted by Crippen LogP contribution is -2.35. The number of nitrogens with one attached hydrogen (secondary N) is 1. The van der Waals surface area contributed by atoms with Gasteiger partial charge in [0.2, 0.25) is 0 Å². The molecule has 1 heterocycles. The van der Waals surface area contributed by atoms with Gasteiger partial charge < -0.3 is 0 Å². The van der Waals surface area contributed by atoms with Crippen molar-refractivity contribution in [3.63, 3.8) is 0 Å². The highest BCUT2D eigenvalue weighted by Gasteiger charge is 2.18. The van der Waals surface area contributed by atoms with Crippen molar-refractivity contribution in [1.82, 2.24) is 9.66 Å². The predicted molar refractivity (Wildman–Crippen MR) is 125 cm³/mol. The SMILES string of the molecule is CC(C)(C)c1ccc(C(=O)Nn2c(-c3cccc(Cl)c3)nc3ccccc3c2=O)cc1. The van der Waals surface area contributed by atoms with E-state index < -0.39 is 5.91 Å². The van der Waals surface area contributed by atoms with E-state index in [1.807, 2.05) is 18.2 Å². The van der Waals surface area contributed by atoms with Crippen molar-refractivity contribution in [3.05, 3.63) is 99.3 Å². The highest BCUT2D eigenvalue weighted by atomic mass is 35.5. The minimum Gasteiger partial charge on any atom is -0.267 e. The normalized spacial score (nSPS) is 11.5. The van der Waals surface area contributed by atoms with Gasteiger partial charge in [-0.25, -0.2) is 4.98 Å². The molecular weight excluding hydrogens is 410 g/mol. The Kier molecular flexibility index (Phi) is 5.38. The first-order valence-electron chi connectivity index (χ1n) is 9.94. The fourth-order valence-electron chi connectivity index (χ4n) is 3.35. The number of hydrogen-bond donors (Lipinski definition) is 1. The monoisotopic (exact) mass is 431 g/mol. The van der Waals surface area contributed by atoms with Gasteiger partial charge in [-0.3, -0.25) is 15.0 Å². The molecule has 1 aromatic heterocycles. The fraction of sp³-hybridized carbons (Fsp3) is 0.160. The van der Waals surface area contributed by atoms with E-state index in [1.165, 1.54) is 4.68 Å². The molecule has 0 bridgehead atoms. The molecule has 6 heteroatoms. The van der Waals surface area contributed by atoms with Gasteiger partial charge in [-0.1, -0.05) is 68.8 Å². The zero-order valence-corrected chi connectivity index (χ0v) is 18.3. The van der Waals surface area contributed by atoms with Crippen LogP contribution in [0.5, 0.6) is 0 Å². The van der Waals surface area contributed by atoms with Gasteiger partial charge in [-0.15, -0.1) is 0 Å². The molecule has 0 aliphatic rings. The highest BCUT2D eigenvalue weighted by molar-refractivity contribution is 6.30. The van der Waals surface area contributed by atoms with Crippen molar-refractivity contribution < 1.29 is 4.79 Å². The summed E-state index contributed by atoms with van der Waals surface area (Å²) in [6.45, 7) is 6.33. The predicted octanol–water partition coefficient (Wildman–Crippen LogP) is 5.40. The Morgan fingerprint density at radius 2 is 1.68 bits per heavy atom. The third-order valence-electron chi connectivity index (χ3n) is 5.08. The lowest BCUT2D eigenvalue weighted by atomic mass is 9.87. The average molecular weight is 432 g/mol. The second-order valence-corrected chi connectivity index (χ2v) is 8.81. The third-order valence-corrected chi connectivity index (χ3v) is 5.32. The molecule has 0 atom stereocenters. The van der Waals surface area contributed by atoms with Gasteiger partial charge in [0.1, 0.15) is 0 Å². The quantitative estimate of drug-likeness (QED) is 0.472. The van der Waals surface area contributed by atoms with Gasteiger partial charge in [0.25, 0.3) is 11.5 Å². The first-order valence-corrected chi connectivity index (χ1v) is 10.3. The minimum absolute atomic E-state index is 0.0199. The number of rotatable bonds is 3. The van der Waals surface area contributed by atoms with Crippen LogP contribution in [0.25, 0.3) is 22.3 Å². The Morgan fingerprint density at radius 1 is 0.968 bits per heavy atom. The summed E-state index contributed by atoms with van der Waals surface area (Å²) < 4.78 is 1.19. The Morgan fingerprint density at radius 3 is 2.35 bits per heavy atom. The zero-order valence-electron chi connectivity index (χ0n) is 17.5. The Balaban J connectivity index is 1.81. The molecular formula is C25H22ClN3O2. The third kappa shape index (κ3) is 4.23. The molecule has 0 spiro atoms. The van der Waals surface area contributed by atoms with Gasteiger partial charge in [0, 0.05) is 16.1 Å². The summed E-state index contributed by atoms with van der Waals surface area (Å²) >= 11 is 6.16. The van der Waals surface area contributed by atoms with Crippen LogP contribution >= 0.6 is 11.6 Å². The van der Waals surface area contributed by atoms with Crippen LogP contribution in [0.4, 0.5) is 0 Å². The zero-order chi connectivity index (χ0) is 22.2. The molecule has 0 aliphatic carbocycles. The molecule has 4 rings (SSSR count). The Hall–Kier alpha value is -3.44. The van der Waals surface area contributed by atoms with E-state index in [0.717, 1.165) is 5.56 Å². The van der Waals surface area contributed by atoms with Crippen molar-refractivity contribution in [2.24, 2.45) is 0 Å². The van der Waals surface area contributed by atoms with Crippen LogP contribution in [-0.2, 0) is 5.41 Å². The number of carbonyl (C=O) groups excluding carboxylic acids is 1. The Bertz CT molecular complexity index is 1340. The molecule has 4 aromatic rings. The van der Waals surface area contributed by atoms with Crippen LogP contribution in [-0.4, -0.2) is 15.6 Å². The summed E-state index contributed by atoms with van der Waals surface area (Å²) in [4.78, 5) is 30.9. The topological polar surface area (TPSA) is 64.0 Å². The number of benzene rings is 3. The number of carbonyl (C=O) groups is 1. The van der Waals surface area contributed by atoms with Crippen LogP contribution in [0, 0.1) is 0 Å². The Labute approximate surface area is 185 Å². The van der Waals surface area contributed by atoms with Crippen LogP contribution in [0.1, 0.15) is 36.7 Å². The minimum atomic E-state index is -0.400. The van der Waals surface area contributed by atoms with Crippen LogP contribution in [0.15, 0.2) is 77.6 Å². The summed E-state index contributed by atoms with van der Waals surface area (Å²) in [6.07, 6.45) is 0. The summed E-state index contributed by atoms with van der Waals surface area (Å²) in [7, 11) is 0. The van der Waals surface area contributed by atoms with Crippen molar-refractivity contribution in [3.8, 4) is 11.4 Å². The number of aromatic nitrogens is 2. The number of nitrogens with zero attached hydrogens (tertiary/aromatic N) is 2. The number of hydrogen-bond acceptors (Lipinski definition) is 3. The van der Waals surface area contributed by atoms with E-state index in [1.54, 1.807) is 54.6 Å². The molecule has 3 aromatic carbocycles. The number of amides is 1. The highest BCUT2D eigenvalue weighted by Crippen LogP contribution is 2.23. The van der Waals surface area contributed by atoms with Gasteiger partial charge >= 0.3 is 0 Å². The van der Waals surface area contributed by atoms with E-state index in [2.05, 4.69) is 31.2 Å². The second kappa shape index (κ2) is 8.00. The number of para-hydroxylation sites is 1. The van der Waals surface area contributed by atoms with Crippen molar-refractivity contribution in [2.45, 2.75) is 26.2 Å². The number of fused-ring (bicyclic) bond motifs is 1. The molecule has 0 aliphatic heterocycles. The molecule has 0 unspecified atom stereocenters. The summed E-state index contributed by atoms with van der Waals surface area (Å²) in [6, 6.07) is 21.4. The maximum Gasteiger partial charge on any atom is 0.280 e. The molecule has 1 amide bonds. The maximum absolute atomic E-state index is 13.2. The van der Waals surface area contributed by atoms with Crippen molar-refractivity contribution in [2.75, 3.05) is 5.43 Å². The molecule has 5 nitrogen and oxygen atoms in total. The molecule has 1 N–H and O–H groups in total. The van der Waals surface area contributed by atoms with Crippen molar-refractivity contribution in [1.29, 1.82) is 0 Å². The van der Waals surface area contributed by atoms with Gasteiger partial charge in [-0.05, 0) is 47.4 Å². The number of halogens is 1. The fourth-order valence-corrected chi connectivity index (χ4v) is 3.54. The molecule has 0 fully saturated rings.